The fourth-order valence-electron chi connectivity index (χ4n) is 2.07. The Hall–Kier alpha value is -2.32. The molecule has 2 aromatic rings. The van der Waals surface area contributed by atoms with E-state index in [4.69, 9.17) is 5.73 Å². The average Bonchev–Trinajstić information content (AvgIpc) is 2.99. The van der Waals surface area contributed by atoms with Gasteiger partial charge in [0, 0.05) is 12.2 Å². The molecule has 0 unspecified atom stereocenters. The van der Waals surface area contributed by atoms with E-state index in [2.05, 4.69) is 15.2 Å². The van der Waals surface area contributed by atoms with E-state index in [0.717, 1.165) is 12.8 Å². The molecular weight excluding hydrogens is 294 g/mol. The predicted octanol–water partition coefficient (Wildman–Crippen LogP) is 1.67. The largest absolute Gasteiger partial charge is 0.369 e. The molecule has 0 spiro atoms. The normalized spacial score (nSPS) is 11.3. The second-order valence-electron chi connectivity index (χ2n) is 4.96. The van der Waals surface area contributed by atoms with E-state index in [0.29, 0.717) is 28.4 Å². The maximum absolute atomic E-state index is 12.8. The van der Waals surface area contributed by atoms with Crippen LogP contribution in [0.15, 0.2) is 6.07 Å². The summed E-state index contributed by atoms with van der Waals surface area (Å²) in [5, 5.41) is 8.08. The highest BCUT2D eigenvalue weighted by molar-refractivity contribution is 5.75. The average molecular weight is 312 g/mol. The minimum atomic E-state index is -2.72. The molecule has 9 heteroatoms. The van der Waals surface area contributed by atoms with E-state index < -0.39 is 12.5 Å². The monoisotopic (exact) mass is 312 g/mol. The summed E-state index contributed by atoms with van der Waals surface area (Å²) in [6, 6.07) is 1.52. The summed E-state index contributed by atoms with van der Waals surface area (Å²) in [6.07, 6.45) is 1.69. The number of nitrogens with zero attached hydrogens (tertiary/aromatic N) is 5. The molecule has 1 amide bonds. The SMILES string of the molecule is CCCCn1nc(CC(N)=O)nc1-c1cc(C)n(C(F)F)n1. The number of hydrogen-bond donors (Lipinski definition) is 1. The summed E-state index contributed by atoms with van der Waals surface area (Å²) in [5.74, 6) is 0.0866. The van der Waals surface area contributed by atoms with Crippen molar-refractivity contribution < 1.29 is 13.6 Å². The van der Waals surface area contributed by atoms with E-state index in [-0.39, 0.29) is 12.2 Å². The third-order valence-corrected chi connectivity index (χ3v) is 3.11. The number of alkyl halides is 2. The molecule has 0 aliphatic heterocycles. The smallest absolute Gasteiger partial charge is 0.333 e. The van der Waals surface area contributed by atoms with Crippen LogP contribution in [0, 0.1) is 6.92 Å². The van der Waals surface area contributed by atoms with E-state index in [1.807, 2.05) is 6.92 Å². The van der Waals surface area contributed by atoms with Gasteiger partial charge in [-0.3, -0.25) is 4.79 Å². The second kappa shape index (κ2) is 6.63. The molecule has 0 aliphatic carbocycles. The lowest BCUT2D eigenvalue weighted by Gasteiger charge is -2.02. The number of halogens is 2. The molecule has 2 aromatic heterocycles. The molecule has 2 rings (SSSR count). The van der Waals surface area contributed by atoms with Crippen LogP contribution in [0.4, 0.5) is 8.78 Å². The molecule has 2 heterocycles. The van der Waals surface area contributed by atoms with Crippen LogP contribution in [0.1, 0.15) is 37.8 Å². The first-order valence-electron chi connectivity index (χ1n) is 6.99. The number of amides is 1. The van der Waals surface area contributed by atoms with Crippen LogP contribution in [0.3, 0.4) is 0 Å². The number of aryl methyl sites for hydroxylation is 2. The zero-order valence-corrected chi connectivity index (χ0v) is 12.5. The van der Waals surface area contributed by atoms with Crippen molar-refractivity contribution in [2.24, 2.45) is 5.73 Å². The maximum Gasteiger partial charge on any atom is 0.333 e. The van der Waals surface area contributed by atoms with E-state index in [1.54, 1.807) is 11.6 Å². The number of carbonyl (C=O) groups excluding carboxylic acids is 1. The molecule has 0 fully saturated rings. The van der Waals surface area contributed by atoms with Crippen molar-refractivity contribution in [1.29, 1.82) is 0 Å². The molecule has 0 aromatic carbocycles. The summed E-state index contributed by atoms with van der Waals surface area (Å²) in [6.45, 7) is 1.42. The van der Waals surface area contributed by atoms with Gasteiger partial charge in [0.05, 0.1) is 6.42 Å². The van der Waals surface area contributed by atoms with Gasteiger partial charge in [0.25, 0.3) is 0 Å². The first-order chi connectivity index (χ1) is 10.4. The highest BCUT2D eigenvalue weighted by Gasteiger charge is 2.19. The Labute approximate surface area is 126 Å². The van der Waals surface area contributed by atoms with Gasteiger partial charge in [0.15, 0.2) is 11.6 Å². The van der Waals surface area contributed by atoms with Crippen LogP contribution in [0.25, 0.3) is 11.5 Å². The van der Waals surface area contributed by atoms with Crippen molar-refractivity contribution in [3.63, 3.8) is 0 Å². The third-order valence-electron chi connectivity index (χ3n) is 3.11. The molecule has 0 aliphatic rings. The van der Waals surface area contributed by atoms with Crippen molar-refractivity contribution in [2.75, 3.05) is 0 Å². The number of rotatable bonds is 7. The number of hydrogen-bond acceptors (Lipinski definition) is 4. The lowest BCUT2D eigenvalue weighted by atomic mass is 10.3. The van der Waals surface area contributed by atoms with Gasteiger partial charge in [-0.2, -0.15) is 19.0 Å². The van der Waals surface area contributed by atoms with E-state index >= 15 is 0 Å². The maximum atomic E-state index is 12.8. The van der Waals surface area contributed by atoms with E-state index in [1.165, 1.54) is 6.07 Å². The van der Waals surface area contributed by atoms with Gasteiger partial charge < -0.3 is 5.73 Å². The van der Waals surface area contributed by atoms with Crippen molar-refractivity contribution in [1.82, 2.24) is 24.5 Å². The van der Waals surface area contributed by atoms with Crippen LogP contribution < -0.4 is 5.73 Å². The van der Waals surface area contributed by atoms with Crippen molar-refractivity contribution in [3.8, 4) is 11.5 Å². The summed E-state index contributed by atoms with van der Waals surface area (Å²) in [4.78, 5) is 15.2. The van der Waals surface area contributed by atoms with Gasteiger partial charge in [0.1, 0.15) is 5.69 Å². The van der Waals surface area contributed by atoms with E-state index in [9.17, 15) is 13.6 Å². The third kappa shape index (κ3) is 3.46. The van der Waals surface area contributed by atoms with Gasteiger partial charge in [-0.15, -0.1) is 0 Å². The molecule has 22 heavy (non-hydrogen) atoms. The van der Waals surface area contributed by atoms with Gasteiger partial charge in [-0.25, -0.2) is 14.3 Å². The Balaban J connectivity index is 2.40. The minimum absolute atomic E-state index is 0.0966. The molecule has 7 nitrogen and oxygen atoms in total. The summed E-state index contributed by atoms with van der Waals surface area (Å²) in [7, 11) is 0. The number of carbonyl (C=O) groups is 1. The zero-order chi connectivity index (χ0) is 16.3. The predicted molar refractivity (Wildman–Crippen MR) is 75.0 cm³/mol. The summed E-state index contributed by atoms with van der Waals surface area (Å²) < 4.78 is 27.9. The molecule has 0 radical (unpaired) electrons. The lowest BCUT2D eigenvalue weighted by Crippen LogP contribution is -2.14. The fourth-order valence-corrected chi connectivity index (χ4v) is 2.07. The fraction of sp³-hybridized carbons (Fsp3) is 0.538. The first kappa shape index (κ1) is 16.1. The quantitative estimate of drug-likeness (QED) is 0.842. The Bertz CT molecular complexity index is 664. The molecule has 0 bridgehead atoms. The van der Waals surface area contributed by atoms with Gasteiger partial charge in [0.2, 0.25) is 5.91 Å². The number of unbranched alkanes of at least 4 members (excludes halogenated alkanes) is 1. The van der Waals surface area contributed by atoms with Crippen LogP contribution in [0.2, 0.25) is 0 Å². The Kier molecular flexibility index (Phi) is 4.84. The summed E-state index contributed by atoms with van der Waals surface area (Å²) in [5.41, 5.74) is 5.77. The minimum Gasteiger partial charge on any atom is -0.369 e. The number of primary amides is 1. The molecule has 0 saturated heterocycles. The molecule has 0 atom stereocenters. The van der Waals surface area contributed by atoms with Crippen molar-refractivity contribution >= 4 is 5.91 Å². The van der Waals surface area contributed by atoms with Crippen molar-refractivity contribution in [3.05, 3.63) is 17.6 Å². The Morgan fingerprint density at radius 3 is 2.68 bits per heavy atom. The van der Waals surface area contributed by atoms with Gasteiger partial charge in [-0.05, 0) is 19.4 Å². The highest BCUT2D eigenvalue weighted by atomic mass is 19.3. The topological polar surface area (TPSA) is 91.6 Å². The number of aromatic nitrogens is 5. The lowest BCUT2D eigenvalue weighted by molar-refractivity contribution is -0.117. The van der Waals surface area contributed by atoms with Crippen LogP contribution >= 0.6 is 0 Å². The van der Waals surface area contributed by atoms with Crippen LogP contribution in [-0.4, -0.2) is 30.5 Å². The molecular formula is C13H18F2N6O. The van der Waals surface area contributed by atoms with Crippen LogP contribution in [-0.2, 0) is 17.8 Å². The molecule has 0 saturated carbocycles. The van der Waals surface area contributed by atoms with Gasteiger partial charge in [-0.1, -0.05) is 13.3 Å². The molecule has 120 valence electrons. The zero-order valence-electron chi connectivity index (χ0n) is 12.5. The Morgan fingerprint density at radius 2 is 2.14 bits per heavy atom. The molecule has 2 N–H and O–H groups in total. The standard InChI is InChI=1S/C13H18F2N6O/c1-3-4-5-20-12(17-11(19-20)7-10(16)22)9-6-8(2)21(18-9)13(14)15/h6,13H,3-5,7H2,1-2H3,(H2,16,22). The Morgan fingerprint density at radius 1 is 1.41 bits per heavy atom. The summed E-state index contributed by atoms with van der Waals surface area (Å²) >= 11 is 0. The first-order valence-corrected chi connectivity index (χ1v) is 6.99. The number of nitrogens with two attached hydrogens (primary N) is 1. The van der Waals surface area contributed by atoms with Crippen LogP contribution in [0.5, 0.6) is 0 Å². The second-order valence-corrected chi connectivity index (χ2v) is 4.96. The van der Waals surface area contributed by atoms with Gasteiger partial charge >= 0.3 is 6.55 Å². The van der Waals surface area contributed by atoms with Crippen molar-refractivity contribution in [2.45, 2.75) is 46.2 Å². The highest BCUT2D eigenvalue weighted by Crippen LogP contribution is 2.21.